The second-order valence-electron chi connectivity index (χ2n) is 4.34. The Morgan fingerprint density at radius 3 is 2.70 bits per heavy atom. The summed E-state index contributed by atoms with van der Waals surface area (Å²) in [6.45, 7) is 3.53. The summed E-state index contributed by atoms with van der Waals surface area (Å²) in [7, 11) is 0. The zero-order valence-corrected chi connectivity index (χ0v) is 12.7. The van der Waals surface area contributed by atoms with Gasteiger partial charge in [-0.15, -0.1) is 0 Å². The number of nitrogens with zero attached hydrogens (tertiary/aromatic N) is 3. The molecule has 1 heterocycles. The lowest BCUT2D eigenvalue weighted by Gasteiger charge is -2.06. The van der Waals surface area contributed by atoms with Crippen molar-refractivity contribution >= 4 is 22.1 Å². The van der Waals surface area contributed by atoms with Crippen LogP contribution in [-0.4, -0.2) is 10.9 Å². The Morgan fingerprint density at radius 2 is 2.05 bits per heavy atom. The Bertz CT molecular complexity index is 785. The maximum atomic E-state index is 12.2. The third kappa shape index (κ3) is 2.70. The maximum Gasteiger partial charge on any atom is 0.289 e. The van der Waals surface area contributed by atoms with Crippen molar-refractivity contribution in [3.8, 4) is 6.07 Å². The van der Waals surface area contributed by atoms with Crippen LogP contribution in [0.3, 0.4) is 0 Å². The first-order valence-electron chi connectivity index (χ1n) is 5.97. The number of aromatic nitrogens is 1. The summed E-state index contributed by atoms with van der Waals surface area (Å²) >= 11 is 3.42. The third-order valence-electron chi connectivity index (χ3n) is 2.89. The van der Waals surface area contributed by atoms with E-state index in [1.807, 2.05) is 30.3 Å². The van der Waals surface area contributed by atoms with Crippen LogP contribution in [0.25, 0.3) is 0 Å². The van der Waals surface area contributed by atoms with Crippen LogP contribution in [0.4, 0.5) is 0 Å². The molecule has 100 valence electrons. The molecule has 2 aromatic rings. The van der Waals surface area contributed by atoms with Crippen LogP contribution in [0.2, 0.25) is 0 Å². The monoisotopic (exact) mass is 329 g/mol. The van der Waals surface area contributed by atoms with Gasteiger partial charge in [-0.25, -0.2) is 4.68 Å². The van der Waals surface area contributed by atoms with Crippen LogP contribution in [0, 0.1) is 25.2 Å². The van der Waals surface area contributed by atoms with Crippen molar-refractivity contribution in [1.29, 1.82) is 5.26 Å². The Morgan fingerprint density at radius 1 is 1.35 bits per heavy atom. The highest BCUT2D eigenvalue weighted by Gasteiger charge is 2.08. The van der Waals surface area contributed by atoms with Gasteiger partial charge < -0.3 is 0 Å². The molecule has 0 aliphatic heterocycles. The normalized spacial score (nSPS) is 10.7. The van der Waals surface area contributed by atoms with Gasteiger partial charge in [0.15, 0.2) is 0 Å². The number of rotatable bonds is 2. The highest BCUT2D eigenvalue weighted by molar-refractivity contribution is 9.10. The van der Waals surface area contributed by atoms with Gasteiger partial charge in [-0.05, 0) is 31.5 Å². The van der Waals surface area contributed by atoms with Crippen molar-refractivity contribution in [3.63, 3.8) is 0 Å². The van der Waals surface area contributed by atoms with Crippen molar-refractivity contribution in [2.75, 3.05) is 0 Å². The van der Waals surface area contributed by atoms with Gasteiger partial charge in [-0.1, -0.05) is 34.1 Å². The van der Waals surface area contributed by atoms with Gasteiger partial charge in [-0.2, -0.15) is 10.4 Å². The average molecular weight is 330 g/mol. The smallest absolute Gasteiger partial charge is 0.266 e. The van der Waals surface area contributed by atoms with Gasteiger partial charge in [0.25, 0.3) is 5.56 Å². The molecule has 0 saturated heterocycles. The molecule has 2 rings (SSSR count). The Labute approximate surface area is 125 Å². The van der Waals surface area contributed by atoms with Crippen LogP contribution in [-0.2, 0) is 0 Å². The lowest BCUT2D eigenvalue weighted by molar-refractivity contribution is 0.786. The number of pyridine rings is 1. The van der Waals surface area contributed by atoms with Gasteiger partial charge in [0, 0.05) is 15.7 Å². The van der Waals surface area contributed by atoms with Gasteiger partial charge in [0.05, 0.1) is 6.21 Å². The number of halogens is 1. The number of nitriles is 1. The predicted molar refractivity (Wildman–Crippen MR) is 82.0 cm³/mol. The van der Waals surface area contributed by atoms with Gasteiger partial charge in [-0.3, -0.25) is 4.79 Å². The van der Waals surface area contributed by atoms with Crippen LogP contribution in [0.1, 0.15) is 22.4 Å². The second kappa shape index (κ2) is 5.85. The lowest BCUT2D eigenvalue weighted by atomic mass is 10.1. The van der Waals surface area contributed by atoms with E-state index in [4.69, 9.17) is 5.26 Å². The molecule has 0 fully saturated rings. The fraction of sp³-hybridized carbons (Fsp3) is 0.133. The quantitative estimate of drug-likeness (QED) is 0.795. The summed E-state index contributed by atoms with van der Waals surface area (Å²) in [6.07, 6.45) is 1.59. The molecule has 1 aromatic carbocycles. The average Bonchev–Trinajstić information content (AvgIpc) is 2.40. The fourth-order valence-corrected chi connectivity index (χ4v) is 2.25. The predicted octanol–water partition coefficient (Wildman–Crippen LogP) is 2.98. The van der Waals surface area contributed by atoms with Gasteiger partial charge >= 0.3 is 0 Å². The first-order chi connectivity index (χ1) is 9.54. The van der Waals surface area contributed by atoms with E-state index in [9.17, 15) is 4.79 Å². The van der Waals surface area contributed by atoms with Crippen LogP contribution in [0.5, 0.6) is 0 Å². The number of benzene rings is 1. The molecule has 0 bridgehead atoms. The molecule has 0 amide bonds. The molecule has 1 aromatic heterocycles. The highest BCUT2D eigenvalue weighted by atomic mass is 79.9. The number of hydrogen-bond acceptors (Lipinski definition) is 3. The Balaban J connectivity index is 2.53. The van der Waals surface area contributed by atoms with Crippen molar-refractivity contribution < 1.29 is 0 Å². The summed E-state index contributed by atoms with van der Waals surface area (Å²) in [5, 5.41) is 13.2. The minimum atomic E-state index is -0.395. The summed E-state index contributed by atoms with van der Waals surface area (Å²) in [6, 6.07) is 11.3. The first kappa shape index (κ1) is 14.2. The summed E-state index contributed by atoms with van der Waals surface area (Å²) in [5.74, 6) is 0. The van der Waals surface area contributed by atoms with Crippen LogP contribution < -0.4 is 5.56 Å². The zero-order valence-electron chi connectivity index (χ0n) is 11.1. The van der Waals surface area contributed by atoms with Crippen LogP contribution >= 0.6 is 15.9 Å². The van der Waals surface area contributed by atoms with Gasteiger partial charge in [0.1, 0.15) is 11.6 Å². The molecule has 0 radical (unpaired) electrons. The van der Waals surface area contributed by atoms with Crippen LogP contribution in [0.15, 0.2) is 44.7 Å². The van der Waals surface area contributed by atoms with E-state index in [-0.39, 0.29) is 5.56 Å². The van der Waals surface area contributed by atoms with E-state index in [2.05, 4.69) is 21.0 Å². The fourth-order valence-electron chi connectivity index (χ4n) is 1.86. The largest absolute Gasteiger partial charge is 0.289 e. The molecule has 0 saturated carbocycles. The van der Waals surface area contributed by atoms with Gasteiger partial charge in [0.2, 0.25) is 0 Å². The molecule has 0 unspecified atom stereocenters. The van der Waals surface area contributed by atoms with E-state index in [1.54, 1.807) is 26.1 Å². The molecule has 0 atom stereocenters. The maximum absolute atomic E-state index is 12.2. The lowest BCUT2D eigenvalue weighted by Crippen LogP contribution is -2.22. The molecule has 20 heavy (non-hydrogen) atoms. The topological polar surface area (TPSA) is 58.1 Å². The van der Waals surface area contributed by atoms with Crippen molar-refractivity contribution in [3.05, 3.63) is 67.5 Å². The third-order valence-corrected chi connectivity index (χ3v) is 3.61. The minimum Gasteiger partial charge on any atom is -0.266 e. The standard InChI is InChI=1S/C15H12BrN3O/c1-10-7-11(2)19(15(20)13(10)8-17)18-9-12-5-3-4-6-14(12)16/h3-7,9H,1-2H3/b18-9+. The van der Waals surface area contributed by atoms with E-state index in [0.717, 1.165) is 10.0 Å². The SMILES string of the molecule is Cc1cc(C)n(/N=C/c2ccccc2Br)c(=O)c1C#N. The van der Waals surface area contributed by atoms with Crippen molar-refractivity contribution in [1.82, 2.24) is 4.68 Å². The number of aryl methyl sites for hydroxylation is 2. The number of hydrogen-bond donors (Lipinski definition) is 0. The van der Waals surface area contributed by atoms with E-state index < -0.39 is 5.56 Å². The summed E-state index contributed by atoms with van der Waals surface area (Å²) < 4.78 is 2.13. The molecular weight excluding hydrogens is 318 g/mol. The minimum absolute atomic E-state index is 0.125. The molecule has 0 N–H and O–H groups in total. The molecule has 5 heteroatoms. The van der Waals surface area contributed by atoms with E-state index >= 15 is 0 Å². The molecular formula is C15H12BrN3O. The van der Waals surface area contributed by atoms with E-state index in [0.29, 0.717) is 11.3 Å². The molecule has 4 nitrogen and oxygen atoms in total. The Hall–Kier alpha value is -2.19. The first-order valence-corrected chi connectivity index (χ1v) is 6.76. The second-order valence-corrected chi connectivity index (χ2v) is 5.19. The summed E-state index contributed by atoms with van der Waals surface area (Å²) in [4.78, 5) is 12.2. The molecule has 0 aliphatic carbocycles. The molecule has 0 spiro atoms. The Kier molecular flexibility index (Phi) is 4.16. The van der Waals surface area contributed by atoms with Crippen molar-refractivity contribution in [2.45, 2.75) is 13.8 Å². The zero-order chi connectivity index (χ0) is 14.7. The molecule has 0 aliphatic rings. The highest BCUT2D eigenvalue weighted by Crippen LogP contribution is 2.13. The van der Waals surface area contributed by atoms with E-state index in [1.165, 1.54) is 4.68 Å². The summed E-state index contributed by atoms with van der Waals surface area (Å²) in [5.41, 5.74) is 1.95. The van der Waals surface area contributed by atoms with Crippen molar-refractivity contribution in [2.24, 2.45) is 5.10 Å².